The highest BCUT2D eigenvalue weighted by Crippen LogP contribution is 2.25. The second-order valence-corrected chi connectivity index (χ2v) is 7.01. The first-order valence-electron chi connectivity index (χ1n) is 9.02. The van der Waals surface area contributed by atoms with Gasteiger partial charge in [-0.1, -0.05) is 18.2 Å². The average Bonchev–Trinajstić information content (AvgIpc) is 3.34. The number of hydrogen-bond acceptors (Lipinski definition) is 3. The van der Waals surface area contributed by atoms with E-state index >= 15 is 0 Å². The summed E-state index contributed by atoms with van der Waals surface area (Å²) in [7, 11) is 4.17. The first-order chi connectivity index (χ1) is 12.2. The predicted octanol–water partition coefficient (Wildman–Crippen LogP) is 3.43. The van der Waals surface area contributed by atoms with Crippen LogP contribution in [0.15, 0.2) is 48.9 Å². The van der Waals surface area contributed by atoms with E-state index in [0.29, 0.717) is 6.04 Å². The molecule has 25 heavy (non-hydrogen) atoms. The van der Waals surface area contributed by atoms with Crippen LogP contribution in [0.1, 0.15) is 19.3 Å². The molecule has 0 radical (unpaired) electrons. The van der Waals surface area contributed by atoms with Crippen molar-refractivity contribution in [3.05, 3.63) is 48.9 Å². The van der Waals surface area contributed by atoms with Gasteiger partial charge in [-0.05, 0) is 50.6 Å². The van der Waals surface area contributed by atoms with Crippen LogP contribution in [-0.4, -0.2) is 44.1 Å². The van der Waals surface area contributed by atoms with Gasteiger partial charge in [-0.15, -0.1) is 0 Å². The third kappa shape index (κ3) is 3.51. The Kier molecular flexibility index (Phi) is 4.40. The third-order valence-corrected chi connectivity index (χ3v) is 5.20. The van der Waals surface area contributed by atoms with Gasteiger partial charge in [0, 0.05) is 43.2 Å². The molecule has 2 aromatic heterocycles. The summed E-state index contributed by atoms with van der Waals surface area (Å²) in [5.41, 5.74) is 4.49. The van der Waals surface area contributed by atoms with E-state index in [-0.39, 0.29) is 0 Å². The Morgan fingerprint density at radius 1 is 1.12 bits per heavy atom. The zero-order chi connectivity index (χ0) is 17.2. The fraction of sp³-hybridized carbons (Fsp3) is 0.400. The first kappa shape index (κ1) is 16.1. The minimum absolute atomic E-state index is 0.710. The Morgan fingerprint density at radius 3 is 2.76 bits per heavy atom. The van der Waals surface area contributed by atoms with E-state index < -0.39 is 0 Å². The van der Waals surface area contributed by atoms with Gasteiger partial charge in [0.2, 0.25) is 0 Å². The maximum absolute atomic E-state index is 4.78. The molecule has 1 saturated heterocycles. The maximum atomic E-state index is 4.78. The molecule has 0 aliphatic carbocycles. The Bertz CT molecular complexity index is 847. The van der Waals surface area contributed by atoms with Gasteiger partial charge >= 0.3 is 0 Å². The molecule has 1 atom stereocenters. The van der Waals surface area contributed by atoms with Gasteiger partial charge in [-0.25, -0.2) is 0 Å². The zero-order valence-corrected chi connectivity index (χ0v) is 15.0. The van der Waals surface area contributed by atoms with Gasteiger partial charge < -0.3 is 4.90 Å². The largest absolute Gasteiger partial charge is 0.303 e. The Labute approximate surface area is 148 Å². The van der Waals surface area contributed by atoms with Crippen molar-refractivity contribution in [3.8, 4) is 22.4 Å². The monoisotopic (exact) mass is 335 g/mol. The SMILES string of the molecule is CN1CCC[C@H]1CCn1ccc(-c2cccc(-c3cnn(C)c3)c2)n1. The minimum Gasteiger partial charge on any atom is -0.303 e. The summed E-state index contributed by atoms with van der Waals surface area (Å²) in [6, 6.07) is 11.3. The van der Waals surface area contributed by atoms with Crippen molar-refractivity contribution in [1.82, 2.24) is 24.5 Å². The second kappa shape index (κ2) is 6.84. The van der Waals surface area contributed by atoms with Crippen LogP contribution in [0.3, 0.4) is 0 Å². The highest BCUT2D eigenvalue weighted by Gasteiger charge is 2.20. The Morgan fingerprint density at radius 2 is 2.00 bits per heavy atom. The fourth-order valence-electron chi connectivity index (χ4n) is 3.69. The summed E-state index contributed by atoms with van der Waals surface area (Å²) in [5.74, 6) is 0. The quantitative estimate of drug-likeness (QED) is 0.717. The summed E-state index contributed by atoms with van der Waals surface area (Å²) in [4.78, 5) is 2.47. The lowest BCUT2D eigenvalue weighted by Gasteiger charge is -2.18. The molecule has 0 unspecified atom stereocenters. The van der Waals surface area contributed by atoms with Crippen LogP contribution in [0.4, 0.5) is 0 Å². The van der Waals surface area contributed by atoms with Crippen molar-refractivity contribution >= 4 is 0 Å². The molecule has 0 amide bonds. The van der Waals surface area contributed by atoms with Crippen molar-refractivity contribution in [2.24, 2.45) is 7.05 Å². The summed E-state index contributed by atoms with van der Waals surface area (Å²) < 4.78 is 3.91. The molecular weight excluding hydrogens is 310 g/mol. The topological polar surface area (TPSA) is 38.9 Å². The van der Waals surface area contributed by atoms with Crippen LogP contribution in [0.2, 0.25) is 0 Å². The molecule has 1 fully saturated rings. The molecule has 0 bridgehead atoms. The van der Waals surface area contributed by atoms with E-state index in [2.05, 4.69) is 58.3 Å². The van der Waals surface area contributed by atoms with Crippen molar-refractivity contribution < 1.29 is 0 Å². The van der Waals surface area contributed by atoms with E-state index in [9.17, 15) is 0 Å². The van der Waals surface area contributed by atoms with Gasteiger partial charge in [-0.3, -0.25) is 9.36 Å². The highest BCUT2D eigenvalue weighted by molar-refractivity contribution is 5.70. The smallest absolute Gasteiger partial charge is 0.0923 e. The molecule has 4 rings (SSSR count). The third-order valence-electron chi connectivity index (χ3n) is 5.20. The number of likely N-dealkylation sites (tertiary alicyclic amines) is 1. The van der Waals surface area contributed by atoms with Gasteiger partial charge in [0.25, 0.3) is 0 Å². The van der Waals surface area contributed by atoms with Crippen LogP contribution in [0.25, 0.3) is 22.4 Å². The normalized spacial score (nSPS) is 18.1. The summed E-state index contributed by atoms with van der Waals surface area (Å²) in [6.07, 6.45) is 9.85. The van der Waals surface area contributed by atoms with Crippen LogP contribution in [0.5, 0.6) is 0 Å². The minimum atomic E-state index is 0.710. The molecule has 0 spiro atoms. The van der Waals surface area contributed by atoms with Gasteiger partial charge in [0.05, 0.1) is 11.9 Å². The van der Waals surface area contributed by atoms with Crippen LogP contribution in [0, 0.1) is 0 Å². The molecule has 0 N–H and O–H groups in total. The second-order valence-electron chi connectivity index (χ2n) is 7.01. The van der Waals surface area contributed by atoms with Crippen molar-refractivity contribution in [2.75, 3.05) is 13.6 Å². The number of aromatic nitrogens is 4. The number of rotatable bonds is 5. The van der Waals surface area contributed by atoms with Crippen LogP contribution >= 0.6 is 0 Å². The van der Waals surface area contributed by atoms with Crippen LogP contribution in [-0.2, 0) is 13.6 Å². The standard InChI is InChI=1S/C20H25N5/c1-23-10-4-7-19(23)8-11-25-12-9-20(22-25)17-6-3-5-16(13-17)18-14-21-24(2)15-18/h3,5-6,9,12-15,19H,4,7-8,10-11H2,1-2H3/t19-/m0/s1. The van der Waals surface area contributed by atoms with E-state index in [4.69, 9.17) is 5.10 Å². The molecule has 130 valence electrons. The van der Waals surface area contributed by atoms with E-state index in [1.54, 1.807) is 0 Å². The molecule has 0 saturated carbocycles. The van der Waals surface area contributed by atoms with Crippen molar-refractivity contribution in [3.63, 3.8) is 0 Å². The molecule has 3 heterocycles. The summed E-state index contributed by atoms with van der Waals surface area (Å²) >= 11 is 0. The lowest BCUT2D eigenvalue weighted by atomic mass is 10.0. The van der Waals surface area contributed by atoms with Gasteiger partial charge in [-0.2, -0.15) is 10.2 Å². The fourth-order valence-corrected chi connectivity index (χ4v) is 3.69. The molecular formula is C20H25N5. The Hall–Kier alpha value is -2.40. The number of nitrogens with zero attached hydrogens (tertiary/aromatic N) is 5. The highest BCUT2D eigenvalue weighted by atomic mass is 15.3. The van der Waals surface area contributed by atoms with E-state index in [1.165, 1.54) is 31.4 Å². The van der Waals surface area contributed by atoms with Gasteiger partial charge in [0.1, 0.15) is 0 Å². The number of benzene rings is 1. The Balaban J connectivity index is 1.48. The zero-order valence-electron chi connectivity index (χ0n) is 15.0. The number of aryl methyl sites for hydroxylation is 2. The van der Waals surface area contributed by atoms with Gasteiger partial charge in [0.15, 0.2) is 0 Å². The molecule has 3 aromatic rings. The predicted molar refractivity (Wildman–Crippen MR) is 100 cm³/mol. The lowest BCUT2D eigenvalue weighted by molar-refractivity contribution is 0.283. The van der Waals surface area contributed by atoms with Crippen LogP contribution < -0.4 is 0 Å². The number of hydrogen-bond donors (Lipinski definition) is 0. The lowest BCUT2D eigenvalue weighted by Crippen LogP contribution is -2.26. The molecule has 1 aliphatic heterocycles. The molecule has 1 aromatic carbocycles. The molecule has 5 heteroatoms. The summed E-state index contributed by atoms with van der Waals surface area (Å²) in [5, 5.41) is 9.04. The summed E-state index contributed by atoms with van der Waals surface area (Å²) in [6.45, 7) is 2.22. The van der Waals surface area contributed by atoms with E-state index in [1.807, 2.05) is 24.1 Å². The van der Waals surface area contributed by atoms with Crippen molar-refractivity contribution in [1.29, 1.82) is 0 Å². The molecule has 5 nitrogen and oxygen atoms in total. The first-order valence-corrected chi connectivity index (χ1v) is 9.02. The average molecular weight is 335 g/mol. The molecule has 1 aliphatic rings. The maximum Gasteiger partial charge on any atom is 0.0923 e. The van der Waals surface area contributed by atoms with Crippen molar-refractivity contribution in [2.45, 2.75) is 31.8 Å². The van der Waals surface area contributed by atoms with E-state index in [0.717, 1.165) is 23.4 Å².